The van der Waals surface area contributed by atoms with Crippen LogP contribution in [0.1, 0.15) is 21.7 Å². The fourth-order valence-corrected chi connectivity index (χ4v) is 2.42. The Morgan fingerprint density at radius 2 is 2.17 bits per heavy atom. The fraction of sp³-hybridized carbons (Fsp3) is 0.0556. The quantitative estimate of drug-likeness (QED) is 0.306. The molecule has 0 radical (unpaired) electrons. The van der Waals surface area contributed by atoms with E-state index in [0.717, 1.165) is 16.5 Å². The number of aromatic nitrogens is 1. The number of carbonyl (C=O) groups excluding carboxylic acids is 1. The molecular formula is C18H11ClN2O2. The van der Waals surface area contributed by atoms with Gasteiger partial charge in [-0.25, -0.2) is 4.98 Å². The Morgan fingerprint density at radius 3 is 2.87 bits per heavy atom. The second kappa shape index (κ2) is 6.07. The molecule has 3 rings (SSSR count). The minimum absolute atomic E-state index is 0.0601. The van der Waals surface area contributed by atoms with Gasteiger partial charge < -0.3 is 4.42 Å². The number of furan rings is 1. The van der Waals surface area contributed by atoms with Gasteiger partial charge >= 0.3 is 0 Å². The molecule has 2 heterocycles. The lowest BCUT2D eigenvalue weighted by Crippen LogP contribution is -2.00. The summed E-state index contributed by atoms with van der Waals surface area (Å²) in [5.74, 6) is -0.379. The van der Waals surface area contributed by atoms with Crippen LogP contribution < -0.4 is 0 Å². The Labute approximate surface area is 137 Å². The van der Waals surface area contributed by atoms with Crippen LogP contribution in [0.4, 0.5) is 0 Å². The molecule has 0 atom stereocenters. The second-order valence-corrected chi connectivity index (χ2v) is 5.40. The van der Waals surface area contributed by atoms with Gasteiger partial charge in [0.1, 0.15) is 16.8 Å². The minimum atomic E-state index is -0.488. The maximum atomic E-state index is 12.2. The number of nitriles is 1. The topological polar surface area (TPSA) is 66.9 Å². The Hall–Kier alpha value is -2.90. The number of fused-ring (bicyclic) bond motifs is 1. The number of hydrogen-bond donors (Lipinski definition) is 0. The third kappa shape index (κ3) is 3.01. The zero-order chi connectivity index (χ0) is 16.4. The number of nitrogens with zero attached hydrogens (tertiary/aromatic N) is 2. The molecule has 0 saturated carbocycles. The lowest BCUT2D eigenvalue weighted by Gasteiger charge is -2.04. The smallest absolute Gasteiger partial charge is 0.238 e. The van der Waals surface area contributed by atoms with Crippen molar-refractivity contribution in [3.8, 4) is 6.07 Å². The molecular weight excluding hydrogens is 312 g/mol. The first-order chi connectivity index (χ1) is 11.1. The van der Waals surface area contributed by atoms with Crippen molar-refractivity contribution in [2.24, 2.45) is 0 Å². The van der Waals surface area contributed by atoms with E-state index in [-0.39, 0.29) is 16.5 Å². The molecule has 0 saturated heterocycles. The highest BCUT2D eigenvalue weighted by atomic mass is 35.5. The summed E-state index contributed by atoms with van der Waals surface area (Å²) in [6.07, 6.45) is 2.81. The van der Waals surface area contributed by atoms with E-state index in [1.165, 1.54) is 18.4 Å². The molecule has 4 nitrogen and oxygen atoms in total. The van der Waals surface area contributed by atoms with Crippen molar-refractivity contribution < 1.29 is 9.21 Å². The summed E-state index contributed by atoms with van der Waals surface area (Å²) < 4.78 is 5.04. The minimum Gasteiger partial charge on any atom is -0.461 e. The van der Waals surface area contributed by atoms with E-state index in [4.69, 9.17) is 16.0 Å². The van der Waals surface area contributed by atoms with Gasteiger partial charge in [0.2, 0.25) is 5.78 Å². The summed E-state index contributed by atoms with van der Waals surface area (Å²) in [4.78, 5) is 16.5. The number of carbonyl (C=O) groups is 1. The van der Waals surface area contributed by atoms with Crippen LogP contribution in [0, 0.1) is 18.3 Å². The number of pyridine rings is 1. The molecule has 0 spiro atoms. The van der Waals surface area contributed by atoms with Crippen molar-refractivity contribution in [2.75, 3.05) is 0 Å². The van der Waals surface area contributed by atoms with Gasteiger partial charge in [-0.1, -0.05) is 23.7 Å². The molecule has 0 bridgehead atoms. The number of halogens is 1. The molecule has 1 aromatic carbocycles. The number of benzene rings is 1. The van der Waals surface area contributed by atoms with Crippen LogP contribution in [0.5, 0.6) is 0 Å². The van der Waals surface area contributed by atoms with Crippen molar-refractivity contribution in [2.45, 2.75) is 6.92 Å². The molecule has 0 fully saturated rings. The van der Waals surface area contributed by atoms with E-state index >= 15 is 0 Å². The number of hydrogen-bond acceptors (Lipinski definition) is 4. The zero-order valence-electron chi connectivity index (χ0n) is 12.2. The van der Waals surface area contributed by atoms with Gasteiger partial charge in [-0.15, -0.1) is 0 Å². The van der Waals surface area contributed by atoms with Crippen LogP contribution >= 0.6 is 11.6 Å². The number of Topliss-reactive ketones (excluding diaryl/α,β-unsaturated/α-hetero) is 1. The average Bonchev–Trinajstić information content (AvgIpc) is 3.06. The van der Waals surface area contributed by atoms with Crippen LogP contribution in [-0.4, -0.2) is 10.8 Å². The van der Waals surface area contributed by atoms with E-state index in [1.54, 1.807) is 12.1 Å². The van der Waals surface area contributed by atoms with Gasteiger partial charge in [-0.3, -0.25) is 4.79 Å². The molecule has 2 aromatic heterocycles. The first kappa shape index (κ1) is 15.0. The largest absolute Gasteiger partial charge is 0.461 e. The van der Waals surface area contributed by atoms with Crippen molar-refractivity contribution in [1.29, 1.82) is 5.26 Å². The highest BCUT2D eigenvalue weighted by Crippen LogP contribution is 2.24. The van der Waals surface area contributed by atoms with Gasteiger partial charge in [0.25, 0.3) is 0 Å². The normalized spacial score (nSPS) is 11.4. The molecule has 0 aliphatic rings. The first-order valence-corrected chi connectivity index (χ1v) is 7.23. The van der Waals surface area contributed by atoms with Gasteiger partial charge in [0.05, 0.1) is 11.8 Å². The van der Waals surface area contributed by atoms with E-state index in [1.807, 2.05) is 31.2 Å². The summed E-state index contributed by atoms with van der Waals surface area (Å²) in [5.41, 5.74) is 2.30. The maximum absolute atomic E-state index is 12.2. The standard InChI is InChI=1S/C18H11ClN2O2/c1-11-4-5-12-8-13(18(19)21-15(12)7-11)9-14(10-20)17(22)16-3-2-6-23-16/h2-9H,1H3/b14-9+. The van der Waals surface area contributed by atoms with Crippen LogP contribution in [0.3, 0.4) is 0 Å². The third-order valence-corrected chi connectivity index (χ3v) is 3.67. The van der Waals surface area contributed by atoms with Crippen LogP contribution in [0.15, 0.2) is 52.7 Å². The van der Waals surface area contributed by atoms with Gasteiger partial charge in [-0.05, 0) is 42.8 Å². The zero-order valence-corrected chi connectivity index (χ0v) is 13.0. The van der Waals surface area contributed by atoms with Crippen LogP contribution in [0.25, 0.3) is 17.0 Å². The summed E-state index contributed by atoms with van der Waals surface area (Å²) >= 11 is 6.19. The fourth-order valence-electron chi connectivity index (χ4n) is 2.22. The first-order valence-electron chi connectivity index (χ1n) is 6.85. The third-order valence-electron chi connectivity index (χ3n) is 3.36. The van der Waals surface area contributed by atoms with E-state index in [2.05, 4.69) is 4.98 Å². The highest BCUT2D eigenvalue weighted by molar-refractivity contribution is 6.31. The SMILES string of the molecule is Cc1ccc2cc(/C=C(\C#N)C(=O)c3ccco3)c(Cl)nc2c1. The molecule has 23 heavy (non-hydrogen) atoms. The number of allylic oxidation sites excluding steroid dienone is 1. The summed E-state index contributed by atoms with van der Waals surface area (Å²) in [6, 6.07) is 12.6. The van der Waals surface area contributed by atoms with Crippen molar-refractivity contribution in [3.63, 3.8) is 0 Å². The Kier molecular flexibility index (Phi) is 3.96. The molecule has 112 valence electrons. The molecule has 0 N–H and O–H groups in total. The van der Waals surface area contributed by atoms with Crippen LogP contribution in [0.2, 0.25) is 5.15 Å². The van der Waals surface area contributed by atoms with Crippen LogP contribution in [-0.2, 0) is 0 Å². The molecule has 3 aromatic rings. The predicted octanol–water partition coefficient (Wildman–Crippen LogP) is 4.58. The van der Waals surface area contributed by atoms with E-state index in [0.29, 0.717) is 5.56 Å². The highest BCUT2D eigenvalue weighted by Gasteiger charge is 2.16. The van der Waals surface area contributed by atoms with Gasteiger partial charge in [0.15, 0.2) is 5.76 Å². The molecule has 0 unspecified atom stereocenters. The molecule has 0 aliphatic heterocycles. The lowest BCUT2D eigenvalue weighted by molar-refractivity contribution is 0.101. The van der Waals surface area contributed by atoms with Crippen molar-refractivity contribution in [1.82, 2.24) is 4.98 Å². The number of aryl methyl sites for hydroxylation is 1. The Balaban J connectivity index is 2.08. The molecule has 5 heteroatoms. The Morgan fingerprint density at radius 1 is 1.35 bits per heavy atom. The number of rotatable bonds is 3. The van der Waals surface area contributed by atoms with Crippen molar-refractivity contribution >= 4 is 34.4 Å². The predicted molar refractivity (Wildman–Crippen MR) is 88.1 cm³/mol. The maximum Gasteiger partial charge on any atom is 0.238 e. The molecule has 0 amide bonds. The van der Waals surface area contributed by atoms with Gasteiger partial charge in [0, 0.05) is 10.9 Å². The average molecular weight is 323 g/mol. The lowest BCUT2D eigenvalue weighted by atomic mass is 10.1. The van der Waals surface area contributed by atoms with Crippen molar-refractivity contribution in [3.05, 3.63) is 70.3 Å². The van der Waals surface area contributed by atoms with E-state index < -0.39 is 5.78 Å². The monoisotopic (exact) mass is 322 g/mol. The molecule has 0 aliphatic carbocycles. The second-order valence-electron chi connectivity index (χ2n) is 5.04. The summed E-state index contributed by atoms with van der Waals surface area (Å²) in [7, 11) is 0. The van der Waals surface area contributed by atoms with Gasteiger partial charge in [-0.2, -0.15) is 5.26 Å². The summed E-state index contributed by atoms with van der Waals surface area (Å²) in [6.45, 7) is 1.97. The summed E-state index contributed by atoms with van der Waals surface area (Å²) in [5, 5.41) is 10.4. The number of ketones is 1. The Bertz CT molecular complexity index is 967. The van der Waals surface area contributed by atoms with E-state index in [9.17, 15) is 10.1 Å².